The van der Waals surface area contributed by atoms with E-state index < -0.39 is 22.3 Å². The molecule has 0 unspecified atom stereocenters. The Kier molecular flexibility index (Phi) is 4.09. The quantitative estimate of drug-likeness (QED) is 0.690. The van der Waals surface area contributed by atoms with Gasteiger partial charge in [-0.15, -0.1) is 5.10 Å². The van der Waals surface area contributed by atoms with Crippen molar-refractivity contribution in [2.24, 2.45) is 0 Å². The van der Waals surface area contributed by atoms with Gasteiger partial charge in [0.15, 0.2) is 5.69 Å². The lowest BCUT2D eigenvalue weighted by atomic mass is 10.2. The van der Waals surface area contributed by atoms with E-state index in [0.717, 1.165) is 4.31 Å². The third kappa shape index (κ3) is 3.28. The van der Waals surface area contributed by atoms with Gasteiger partial charge >= 0.3 is 22.3 Å². The van der Waals surface area contributed by atoms with Crippen molar-refractivity contribution >= 4 is 22.3 Å². The first-order chi connectivity index (χ1) is 9.83. The van der Waals surface area contributed by atoms with Gasteiger partial charge in [0.05, 0.1) is 18.8 Å². The van der Waals surface area contributed by atoms with Gasteiger partial charge in [-0.05, 0) is 6.92 Å². The summed E-state index contributed by atoms with van der Waals surface area (Å²) in [7, 11) is -3.96. The van der Waals surface area contributed by atoms with E-state index >= 15 is 0 Å². The number of hydrogen-bond acceptors (Lipinski definition) is 7. The second-order valence-electron chi connectivity index (χ2n) is 4.19. The molecule has 1 fully saturated rings. The number of aromatic carboxylic acids is 1. The molecule has 0 aliphatic carbocycles. The fourth-order valence-corrected chi connectivity index (χ4v) is 2.80. The molecule has 11 nitrogen and oxygen atoms in total. The van der Waals surface area contributed by atoms with Crippen LogP contribution < -0.4 is 4.72 Å². The molecule has 1 amide bonds. The zero-order valence-electron chi connectivity index (χ0n) is 11.0. The molecule has 1 aromatic rings. The van der Waals surface area contributed by atoms with Crippen LogP contribution in [0.4, 0.5) is 4.79 Å². The number of carboxylic acids is 1. The molecule has 1 aliphatic rings. The Balaban J connectivity index is 1.93. The number of carboxylic acid groups (broad SMARTS) is 1. The van der Waals surface area contributed by atoms with Crippen LogP contribution in [-0.4, -0.2) is 64.6 Å². The van der Waals surface area contributed by atoms with Gasteiger partial charge in [-0.1, -0.05) is 5.21 Å². The Morgan fingerprint density at radius 2 is 2.19 bits per heavy atom. The zero-order valence-corrected chi connectivity index (χ0v) is 11.8. The SMILES string of the molecule is CCOC(=O)NS(=O)(=O)N1CC(n2cc(C(=O)O)nn2)C1. The molecule has 2 N–H and O–H groups in total. The van der Waals surface area contributed by atoms with E-state index in [1.807, 2.05) is 0 Å². The monoisotopic (exact) mass is 319 g/mol. The van der Waals surface area contributed by atoms with Gasteiger partial charge in [-0.25, -0.2) is 19.0 Å². The van der Waals surface area contributed by atoms with Crippen molar-refractivity contribution in [1.29, 1.82) is 0 Å². The number of carbonyl (C=O) groups excluding carboxylic acids is 1. The first kappa shape index (κ1) is 15.2. The molecule has 2 rings (SSSR count). The molecule has 0 radical (unpaired) electrons. The van der Waals surface area contributed by atoms with E-state index in [-0.39, 0.29) is 31.4 Å². The van der Waals surface area contributed by atoms with Crippen LogP contribution in [0.5, 0.6) is 0 Å². The van der Waals surface area contributed by atoms with Gasteiger partial charge in [0.25, 0.3) is 0 Å². The van der Waals surface area contributed by atoms with Crippen LogP contribution >= 0.6 is 0 Å². The highest BCUT2D eigenvalue weighted by atomic mass is 32.2. The molecule has 0 aromatic carbocycles. The third-order valence-electron chi connectivity index (χ3n) is 2.76. The van der Waals surface area contributed by atoms with Crippen LogP contribution in [-0.2, 0) is 14.9 Å². The summed E-state index contributed by atoms with van der Waals surface area (Å²) < 4.78 is 32.1. The van der Waals surface area contributed by atoms with Crippen LogP contribution in [0.1, 0.15) is 23.5 Å². The molecule has 0 bridgehead atoms. The van der Waals surface area contributed by atoms with Gasteiger partial charge in [0.1, 0.15) is 0 Å². The van der Waals surface area contributed by atoms with Gasteiger partial charge in [0.2, 0.25) is 0 Å². The van der Waals surface area contributed by atoms with Crippen molar-refractivity contribution in [2.45, 2.75) is 13.0 Å². The van der Waals surface area contributed by atoms with Crippen molar-refractivity contribution in [3.63, 3.8) is 0 Å². The van der Waals surface area contributed by atoms with Crippen molar-refractivity contribution < 1.29 is 27.9 Å². The number of carbonyl (C=O) groups is 2. The summed E-state index contributed by atoms with van der Waals surface area (Å²) in [6, 6.07) is -0.329. The number of hydrogen-bond donors (Lipinski definition) is 2. The lowest BCUT2D eigenvalue weighted by Gasteiger charge is -2.37. The Labute approximate surface area is 119 Å². The summed E-state index contributed by atoms with van der Waals surface area (Å²) in [5, 5.41) is 15.8. The minimum Gasteiger partial charge on any atom is -0.476 e. The van der Waals surface area contributed by atoms with E-state index in [0.29, 0.717) is 0 Å². The van der Waals surface area contributed by atoms with Gasteiger partial charge in [-0.2, -0.15) is 12.7 Å². The fraction of sp³-hybridized carbons (Fsp3) is 0.556. The molecular formula is C9H13N5O6S. The second kappa shape index (κ2) is 5.65. The summed E-state index contributed by atoms with van der Waals surface area (Å²) in [4.78, 5) is 21.8. The summed E-state index contributed by atoms with van der Waals surface area (Å²) in [6.45, 7) is 1.71. The smallest absolute Gasteiger partial charge is 0.421 e. The van der Waals surface area contributed by atoms with Gasteiger partial charge < -0.3 is 9.84 Å². The Morgan fingerprint density at radius 1 is 1.52 bits per heavy atom. The highest BCUT2D eigenvalue weighted by molar-refractivity contribution is 7.87. The average molecular weight is 319 g/mol. The van der Waals surface area contributed by atoms with Crippen molar-refractivity contribution in [2.75, 3.05) is 19.7 Å². The summed E-state index contributed by atoms with van der Waals surface area (Å²) in [5.41, 5.74) is -0.221. The van der Waals surface area contributed by atoms with E-state index in [1.54, 1.807) is 11.6 Å². The summed E-state index contributed by atoms with van der Waals surface area (Å²) in [6.07, 6.45) is 0.172. The average Bonchev–Trinajstić information content (AvgIpc) is 2.75. The Morgan fingerprint density at radius 3 is 2.71 bits per heavy atom. The molecule has 0 spiro atoms. The minimum atomic E-state index is -3.96. The van der Waals surface area contributed by atoms with Crippen LogP contribution in [0.15, 0.2) is 6.20 Å². The normalized spacial score (nSPS) is 16.2. The molecule has 1 saturated heterocycles. The number of nitrogens with zero attached hydrogens (tertiary/aromatic N) is 4. The maximum atomic E-state index is 11.8. The maximum Gasteiger partial charge on any atom is 0.421 e. The highest BCUT2D eigenvalue weighted by Crippen LogP contribution is 2.22. The molecule has 116 valence electrons. The first-order valence-corrected chi connectivity index (χ1v) is 7.37. The Bertz CT molecular complexity index is 649. The van der Waals surface area contributed by atoms with Crippen molar-refractivity contribution in [3.8, 4) is 0 Å². The number of rotatable bonds is 5. The molecule has 21 heavy (non-hydrogen) atoms. The van der Waals surface area contributed by atoms with E-state index in [2.05, 4.69) is 15.0 Å². The lowest BCUT2D eigenvalue weighted by Crippen LogP contribution is -2.55. The largest absolute Gasteiger partial charge is 0.476 e. The van der Waals surface area contributed by atoms with Crippen LogP contribution in [0.3, 0.4) is 0 Å². The molecule has 0 saturated carbocycles. The number of aromatic nitrogens is 3. The zero-order chi connectivity index (χ0) is 15.6. The van der Waals surface area contributed by atoms with E-state index in [1.165, 1.54) is 10.9 Å². The van der Waals surface area contributed by atoms with Crippen LogP contribution in [0.25, 0.3) is 0 Å². The topological polar surface area (TPSA) is 144 Å². The van der Waals surface area contributed by atoms with Crippen LogP contribution in [0, 0.1) is 0 Å². The minimum absolute atomic E-state index is 0.0527. The lowest BCUT2D eigenvalue weighted by molar-refractivity contribution is 0.0690. The molecule has 0 atom stereocenters. The summed E-state index contributed by atoms with van der Waals surface area (Å²) in [5.74, 6) is -1.21. The number of ether oxygens (including phenoxy) is 1. The predicted octanol–water partition coefficient (Wildman–Crippen LogP) is -1.18. The van der Waals surface area contributed by atoms with E-state index in [9.17, 15) is 18.0 Å². The number of nitrogens with one attached hydrogen (secondary N) is 1. The third-order valence-corrected chi connectivity index (χ3v) is 4.16. The summed E-state index contributed by atoms with van der Waals surface area (Å²) >= 11 is 0. The number of amides is 1. The first-order valence-electron chi connectivity index (χ1n) is 5.93. The van der Waals surface area contributed by atoms with Crippen molar-refractivity contribution in [1.82, 2.24) is 24.0 Å². The standard InChI is InChI=1S/C9H13N5O6S/c1-2-20-9(17)11-21(18,19)13-3-6(4-13)14-5-7(8(15)16)10-12-14/h5-6H,2-4H2,1H3,(H,11,17)(H,15,16). The maximum absolute atomic E-state index is 11.8. The van der Waals surface area contributed by atoms with E-state index in [4.69, 9.17) is 5.11 Å². The molecular weight excluding hydrogens is 306 g/mol. The van der Waals surface area contributed by atoms with Gasteiger partial charge in [-0.3, -0.25) is 0 Å². The molecule has 12 heteroatoms. The molecule has 1 aliphatic heterocycles. The molecule has 1 aromatic heterocycles. The predicted molar refractivity (Wildman–Crippen MR) is 66.7 cm³/mol. The highest BCUT2D eigenvalue weighted by Gasteiger charge is 2.38. The molecule has 2 heterocycles. The van der Waals surface area contributed by atoms with Crippen LogP contribution in [0.2, 0.25) is 0 Å². The Hall–Kier alpha value is -2.21. The van der Waals surface area contributed by atoms with Gasteiger partial charge in [0, 0.05) is 13.1 Å². The second-order valence-corrected chi connectivity index (χ2v) is 5.86. The van der Waals surface area contributed by atoms with Crippen molar-refractivity contribution in [3.05, 3.63) is 11.9 Å². The fourth-order valence-electron chi connectivity index (χ4n) is 1.66.